The number of hydrogen-bond donors (Lipinski definition) is 1. The number of aryl methyl sites for hydroxylation is 1. The molecule has 0 heterocycles. The molecular weight excluding hydrogens is 330 g/mol. The zero-order valence-corrected chi connectivity index (χ0v) is 14.5. The molecule has 0 saturated heterocycles. The van der Waals surface area contributed by atoms with Gasteiger partial charge in [0, 0.05) is 16.0 Å². The monoisotopic (exact) mass is 347 g/mol. The van der Waals surface area contributed by atoms with Crippen LogP contribution in [0.2, 0.25) is 0 Å². The summed E-state index contributed by atoms with van der Waals surface area (Å²) in [6.45, 7) is 1.96. The highest BCUT2D eigenvalue weighted by molar-refractivity contribution is 8.14. The molecule has 25 heavy (non-hydrogen) atoms. The summed E-state index contributed by atoms with van der Waals surface area (Å²) in [6, 6.07) is 23.8. The molecule has 0 aromatic heterocycles. The Labute approximate surface area is 151 Å². The van der Waals surface area contributed by atoms with Crippen LogP contribution < -0.4 is 5.32 Å². The second kappa shape index (κ2) is 7.81. The molecule has 0 radical (unpaired) electrons. The fourth-order valence-corrected chi connectivity index (χ4v) is 3.26. The Balaban J connectivity index is 1.83. The van der Waals surface area contributed by atoms with Crippen LogP contribution in [0, 0.1) is 6.92 Å². The zero-order valence-electron chi connectivity index (χ0n) is 13.7. The van der Waals surface area contributed by atoms with E-state index >= 15 is 0 Å². The fourth-order valence-electron chi connectivity index (χ4n) is 2.33. The predicted octanol–water partition coefficient (Wildman–Crippen LogP) is 5.18. The Kier molecular flexibility index (Phi) is 5.31. The van der Waals surface area contributed by atoms with Crippen LogP contribution in [0.25, 0.3) is 0 Å². The smallest absolute Gasteiger partial charge is 0.255 e. The minimum atomic E-state index is -0.196. The predicted molar refractivity (Wildman–Crippen MR) is 102 cm³/mol. The normalized spacial score (nSPS) is 10.3. The quantitative estimate of drug-likeness (QED) is 0.662. The van der Waals surface area contributed by atoms with Crippen molar-refractivity contribution in [3.05, 3.63) is 95.6 Å². The van der Waals surface area contributed by atoms with Crippen molar-refractivity contribution in [2.24, 2.45) is 0 Å². The molecule has 0 spiro atoms. The lowest BCUT2D eigenvalue weighted by atomic mass is 10.2. The first-order chi connectivity index (χ1) is 12.1. The van der Waals surface area contributed by atoms with Gasteiger partial charge in [-0.1, -0.05) is 54.6 Å². The molecule has 1 amide bonds. The summed E-state index contributed by atoms with van der Waals surface area (Å²) in [5.74, 6) is -0.196. The first kappa shape index (κ1) is 17.0. The van der Waals surface area contributed by atoms with E-state index in [2.05, 4.69) is 5.32 Å². The first-order valence-corrected chi connectivity index (χ1v) is 8.69. The van der Waals surface area contributed by atoms with Crippen molar-refractivity contribution in [1.29, 1.82) is 0 Å². The van der Waals surface area contributed by atoms with Gasteiger partial charge in [0.1, 0.15) is 0 Å². The summed E-state index contributed by atoms with van der Waals surface area (Å²) in [5.41, 5.74) is 2.87. The molecule has 0 unspecified atom stereocenters. The number of carbonyl (C=O) groups is 2. The number of thioether (sulfide) groups is 1. The van der Waals surface area contributed by atoms with E-state index in [9.17, 15) is 9.59 Å². The molecule has 0 aliphatic rings. The van der Waals surface area contributed by atoms with Gasteiger partial charge in [-0.3, -0.25) is 9.59 Å². The number of hydrogen-bond acceptors (Lipinski definition) is 3. The van der Waals surface area contributed by atoms with E-state index < -0.39 is 0 Å². The Hall–Kier alpha value is -2.85. The molecule has 3 nitrogen and oxygen atoms in total. The van der Waals surface area contributed by atoms with Crippen LogP contribution in [0.4, 0.5) is 5.69 Å². The molecule has 0 aliphatic carbocycles. The molecular formula is C21H17NO2S. The number of anilines is 1. The molecule has 3 aromatic rings. The number of nitrogens with one attached hydrogen (secondary N) is 1. The van der Waals surface area contributed by atoms with Gasteiger partial charge in [-0.05, 0) is 48.5 Å². The fraction of sp³-hybridized carbons (Fsp3) is 0.0476. The highest BCUT2D eigenvalue weighted by Gasteiger charge is 2.14. The lowest BCUT2D eigenvalue weighted by Crippen LogP contribution is -2.12. The molecule has 3 rings (SSSR count). The lowest BCUT2D eigenvalue weighted by molar-refractivity contribution is 0.102. The van der Waals surface area contributed by atoms with Crippen LogP contribution in [0.5, 0.6) is 0 Å². The van der Waals surface area contributed by atoms with Gasteiger partial charge in [0.15, 0.2) is 0 Å². The van der Waals surface area contributed by atoms with E-state index in [1.54, 1.807) is 24.3 Å². The number of rotatable bonds is 4. The van der Waals surface area contributed by atoms with Gasteiger partial charge in [0.2, 0.25) is 5.12 Å². The molecule has 3 aromatic carbocycles. The number of amides is 1. The van der Waals surface area contributed by atoms with Crippen LogP contribution in [0.15, 0.2) is 83.8 Å². The van der Waals surface area contributed by atoms with E-state index in [4.69, 9.17) is 0 Å². The van der Waals surface area contributed by atoms with Crippen molar-refractivity contribution in [3.63, 3.8) is 0 Å². The summed E-state index contributed by atoms with van der Waals surface area (Å²) in [6.07, 6.45) is 0. The van der Waals surface area contributed by atoms with Crippen molar-refractivity contribution >= 4 is 28.5 Å². The molecule has 4 heteroatoms. The maximum Gasteiger partial charge on any atom is 0.255 e. The summed E-state index contributed by atoms with van der Waals surface area (Å²) in [4.78, 5) is 25.6. The molecule has 124 valence electrons. The zero-order chi connectivity index (χ0) is 17.6. The van der Waals surface area contributed by atoms with Crippen LogP contribution in [0.3, 0.4) is 0 Å². The lowest BCUT2D eigenvalue weighted by Gasteiger charge is -2.11. The minimum absolute atomic E-state index is 0.0542. The van der Waals surface area contributed by atoms with E-state index in [-0.39, 0.29) is 11.0 Å². The van der Waals surface area contributed by atoms with Crippen molar-refractivity contribution in [2.45, 2.75) is 11.8 Å². The molecule has 1 N–H and O–H groups in total. The highest BCUT2D eigenvalue weighted by Crippen LogP contribution is 2.31. The SMILES string of the molecule is Cc1ccc(NC(=O)c2ccccc2)c(SC(=O)c2ccccc2)c1. The minimum Gasteiger partial charge on any atom is -0.321 e. The topological polar surface area (TPSA) is 46.2 Å². The standard InChI is InChI=1S/C21H17NO2S/c1-15-12-13-18(22-20(23)16-8-4-2-5-9-16)19(14-15)25-21(24)17-10-6-3-7-11-17/h2-14H,1H3,(H,22,23). The van der Waals surface area contributed by atoms with Gasteiger partial charge in [0.05, 0.1) is 5.69 Å². The Bertz CT molecular complexity index is 892. The van der Waals surface area contributed by atoms with Crippen LogP contribution in [0.1, 0.15) is 26.3 Å². The molecule has 0 atom stereocenters. The van der Waals surface area contributed by atoms with Crippen molar-refractivity contribution in [3.8, 4) is 0 Å². The van der Waals surface area contributed by atoms with Gasteiger partial charge in [0.25, 0.3) is 5.91 Å². The van der Waals surface area contributed by atoms with Gasteiger partial charge in [-0.25, -0.2) is 0 Å². The van der Waals surface area contributed by atoms with Crippen molar-refractivity contribution in [2.75, 3.05) is 5.32 Å². The van der Waals surface area contributed by atoms with Gasteiger partial charge in [-0.2, -0.15) is 0 Å². The molecule has 0 saturated carbocycles. The third kappa shape index (κ3) is 4.37. The number of carbonyl (C=O) groups excluding carboxylic acids is 2. The average Bonchev–Trinajstić information content (AvgIpc) is 2.65. The Morgan fingerprint density at radius 3 is 2.04 bits per heavy atom. The maximum atomic E-state index is 12.5. The molecule has 0 fully saturated rings. The summed E-state index contributed by atoms with van der Waals surface area (Å²) >= 11 is 1.12. The van der Waals surface area contributed by atoms with Gasteiger partial charge >= 0.3 is 0 Å². The van der Waals surface area contributed by atoms with Crippen LogP contribution >= 0.6 is 11.8 Å². The summed E-state index contributed by atoms with van der Waals surface area (Å²) in [7, 11) is 0. The van der Waals surface area contributed by atoms with E-state index in [1.165, 1.54) is 0 Å². The second-order valence-electron chi connectivity index (χ2n) is 5.58. The first-order valence-electron chi connectivity index (χ1n) is 7.88. The van der Waals surface area contributed by atoms with Gasteiger partial charge in [-0.15, -0.1) is 0 Å². The summed E-state index contributed by atoms with van der Waals surface area (Å²) < 4.78 is 0. The number of benzene rings is 3. The summed E-state index contributed by atoms with van der Waals surface area (Å²) in [5, 5.41) is 2.84. The largest absolute Gasteiger partial charge is 0.321 e. The Morgan fingerprint density at radius 1 is 0.800 bits per heavy atom. The maximum absolute atomic E-state index is 12.5. The second-order valence-corrected chi connectivity index (χ2v) is 6.59. The highest BCUT2D eigenvalue weighted by atomic mass is 32.2. The third-order valence-electron chi connectivity index (χ3n) is 3.63. The van der Waals surface area contributed by atoms with Crippen molar-refractivity contribution in [1.82, 2.24) is 0 Å². The average molecular weight is 347 g/mol. The van der Waals surface area contributed by atoms with Crippen LogP contribution in [-0.2, 0) is 0 Å². The third-order valence-corrected chi connectivity index (χ3v) is 4.61. The van der Waals surface area contributed by atoms with Crippen molar-refractivity contribution < 1.29 is 9.59 Å². The molecule has 0 aliphatic heterocycles. The van der Waals surface area contributed by atoms with E-state index in [0.717, 1.165) is 22.2 Å². The Morgan fingerprint density at radius 2 is 1.40 bits per heavy atom. The van der Waals surface area contributed by atoms with E-state index in [1.807, 2.05) is 61.5 Å². The van der Waals surface area contributed by atoms with E-state index in [0.29, 0.717) is 16.8 Å². The molecule has 0 bridgehead atoms. The van der Waals surface area contributed by atoms with Crippen LogP contribution in [-0.4, -0.2) is 11.0 Å². The van der Waals surface area contributed by atoms with Gasteiger partial charge < -0.3 is 5.32 Å².